The van der Waals surface area contributed by atoms with Crippen molar-refractivity contribution in [3.63, 3.8) is 0 Å². The molecule has 1 heterocycles. The predicted molar refractivity (Wildman–Crippen MR) is 69.1 cm³/mol. The van der Waals surface area contributed by atoms with Gasteiger partial charge in [-0.2, -0.15) is 0 Å². The summed E-state index contributed by atoms with van der Waals surface area (Å²) in [6.45, 7) is 2.70. The molecule has 1 aromatic rings. The van der Waals surface area contributed by atoms with E-state index in [1.807, 2.05) is 30.3 Å². The lowest BCUT2D eigenvalue weighted by atomic mass is 10.3. The predicted octanol–water partition coefficient (Wildman–Crippen LogP) is 1.76. The van der Waals surface area contributed by atoms with Crippen molar-refractivity contribution >= 4 is 17.9 Å². The Morgan fingerprint density at radius 3 is 2.89 bits per heavy atom. The maximum atomic E-state index is 11.7. The van der Waals surface area contributed by atoms with Crippen LogP contribution in [0.1, 0.15) is 6.92 Å². The largest absolute Gasteiger partial charge is 0.450 e. The number of hydrogen-bond donors (Lipinski definition) is 1. The Kier molecular flexibility index (Phi) is 4.22. The SMILES string of the molecule is CCOC(=O)NCC1CN(c2ccccc2)C(=O)O1. The average Bonchev–Trinajstić information content (AvgIpc) is 2.79. The van der Waals surface area contributed by atoms with Crippen LogP contribution in [0.25, 0.3) is 0 Å². The third-order valence-corrected chi connectivity index (χ3v) is 2.69. The number of para-hydroxylation sites is 1. The van der Waals surface area contributed by atoms with Crippen molar-refractivity contribution in [2.45, 2.75) is 13.0 Å². The fraction of sp³-hybridized carbons (Fsp3) is 0.385. The van der Waals surface area contributed by atoms with E-state index in [0.29, 0.717) is 13.2 Å². The van der Waals surface area contributed by atoms with Gasteiger partial charge in [0.25, 0.3) is 0 Å². The maximum Gasteiger partial charge on any atom is 0.414 e. The molecule has 6 heteroatoms. The minimum absolute atomic E-state index is 0.244. The van der Waals surface area contributed by atoms with Gasteiger partial charge in [0, 0.05) is 5.69 Å². The van der Waals surface area contributed by atoms with Crippen LogP contribution in [-0.2, 0) is 9.47 Å². The fourth-order valence-electron chi connectivity index (χ4n) is 1.83. The highest BCUT2D eigenvalue weighted by atomic mass is 16.6. The Bertz CT molecular complexity index is 449. The average molecular weight is 264 g/mol. The number of ether oxygens (including phenoxy) is 2. The molecule has 0 spiro atoms. The molecule has 0 radical (unpaired) electrons. The first kappa shape index (κ1) is 13.2. The Morgan fingerprint density at radius 2 is 2.21 bits per heavy atom. The Labute approximate surface area is 111 Å². The van der Waals surface area contributed by atoms with Gasteiger partial charge in [-0.25, -0.2) is 9.59 Å². The van der Waals surface area contributed by atoms with Gasteiger partial charge >= 0.3 is 12.2 Å². The third kappa shape index (κ3) is 3.37. The number of carbonyl (C=O) groups is 2. The maximum absolute atomic E-state index is 11.7. The summed E-state index contributed by atoms with van der Waals surface area (Å²) in [5.41, 5.74) is 0.783. The molecule has 1 fully saturated rings. The van der Waals surface area contributed by atoms with Crippen molar-refractivity contribution in [1.82, 2.24) is 5.32 Å². The number of amides is 2. The van der Waals surface area contributed by atoms with Crippen molar-refractivity contribution in [3.8, 4) is 0 Å². The van der Waals surface area contributed by atoms with E-state index in [-0.39, 0.29) is 12.6 Å². The van der Waals surface area contributed by atoms with E-state index < -0.39 is 12.2 Å². The molecule has 0 aliphatic carbocycles. The molecule has 102 valence electrons. The number of hydrogen-bond acceptors (Lipinski definition) is 4. The fourth-order valence-corrected chi connectivity index (χ4v) is 1.83. The molecule has 0 bridgehead atoms. The Morgan fingerprint density at radius 1 is 1.47 bits per heavy atom. The van der Waals surface area contributed by atoms with E-state index in [4.69, 9.17) is 9.47 Å². The number of alkyl carbamates (subject to hydrolysis) is 1. The van der Waals surface area contributed by atoms with Gasteiger partial charge in [0.05, 0.1) is 19.7 Å². The van der Waals surface area contributed by atoms with Crippen LogP contribution in [0.15, 0.2) is 30.3 Å². The van der Waals surface area contributed by atoms with Crippen LogP contribution < -0.4 is 10.2 Å². The highest BCUT2D eigenvalue weighted by Gasteiger charge is 2.32. The van der Waals surface area contributed by atoms with E-state index in [1.165, 1.54) is 4.90 Å². The quantitative estimate of drug-likeness (QED) is 0.899. The molecule has 6 nitrogen and oxygen atoms in total. The molecule has 19 heavy (non-hydrogen) atoms. The number of anilines is 1. The molecular weight excluding hydrogens is 248 g/mol. The second kappa shape index (κ2) is 6.08. The number of benzene rings is 1. The van der Waals surface area contributed by atoms with E-state index >= 15 is 0 Å². The van der Waals surface area contributed by atoms with Gasteiger partial charge in [0.1, 0.15) is 6.10 Å². The second-order valence-corrected chi connectivity index (χ2v) is 4.05. The number of rotatable bonds is 4. The minimum atomic E-state index is -0.503. The number of carbonyl (C=O) groups excluding carboxylic acids is 2. The number of nitrogens with one attached hydrogen (secondary N) is 1. The summed E-state index contributed by atoms with van der Waals surface area (Å²) in [7, 11) is 0. The standard InChI is InChI=1S/C13H16N2O4/c1-2-18-12(16)14-8-11-9-15(13(17)19-11)10-6-4-3-5-7-10/h3-7,11H,2,8-9H2,1H3,(H,14,16). The Balaban J connectivity index is 1.88. The van der Waals surface area contributed by atoms with Gasteiger partial charge in [0.15, 0.2) is 0 Å². The molecule has 0 aromatic heterocycles. The topological polar surface area (TPSA) is 67.9 Å². The van der Waals surface area contributed by atoms with Crippen LogP contribution in [0.2, 0.25) is 0 Å². The smallest absolute Gasteiger partial charge is 0.414 e. The van der Waals surface area contributed by atoms with Crippen molar-refractivity contribution < 1.29 is 19.1 Å². The van der Waals surface area contributed by atoms with Gasteiger partial charge in [-0.05, 0) is 19.1 Å². The molecule has 1 aromatic carbocycles. The first-order chi connectivity index (χ1) is 9.20. The zero-order chi connectivity index (χ0) is 13.7. The highest BCUT2D eigenvalue weighted by molar-refractivity contribution is 5.89. The second-order valence-electron chi connectivity index (χ2n) is 4.05. The van der Waals surface area contributed by atoms with Gasteiger partial charge in [-0.15, -0.1) is 0 Å². The molecule has 1 aliphatic heterocycles. The molecule has 2 rings (SSSR count). The zero-order valence-electron chi connectivity index (χ0n) is 10.7. The van der Waals surface area contributed by atoms with Crippen LogP contribution >= 0.6 is 0 Å². The lowest BCUT2D eigenvalue weighted by Gasteiger charge is -2.12. The van der Waals surface area contributed by atoms with Crippen LogP contribution in [0, 0.1) is 0 Å². The summed E-state index contributed by atoms with van der Waals surface area (Å²) in [5.74, 6) is 0. The van der Waals surface area contributed by atoms with Crippen molar-refractivity contribution in [2.75, 3.05) is 24.6 Å². The number of cyclic esters (lactones) is 1. The molecule has 0 saturated carbocycles. The Hall–Kier alpha value is -2.24. The van der Waals surface area contributed by atoms with E-state index in [0.717, 1.165) is 5.69 Å². The minimum Gasteiger partial charge on any atom is -0.450 e. The zero-order valence-corrected chi connectivity index (χ0v) is 10.7. The van der Waals surface area contributed by atoms with Gasteiger partial charge in [0.2, 0.25) is 0 Å². The lowest BCUT2D eigenvalue weighted by Crippen LogP contribution is -2.34. The molecule has 1 unspecified atom stereocenters. The summed E-state index contributed by atoms with van der Waals surface area (Å²) in [5, 5.41) is 2.55. The lowest BCUT2D eigenvalue weighted by molar-refractivity contribution is 0.127. The van der Waals surface area contributed by atoms with Crippen LogP contribution in [0.3, 0.4) is 0 Å². The summed E-state index contributed by atoms with van der Waals surface area (Å²) >= 11 is 0. The van der Waals surface area contributed by atoms with E-state index in [2.05, 4.69) is 5.32 Å². The highest BCUT2D eigenvalue weighted by Crippen LogP contribution is 2.20. The molecule has 2 amide bonds. The van der Waals surface area contributed by atoms with E-state index in [1.54, 1.807) is 6.92 Å². The van der Waals surface area contributed by atoms with Crippen molar-refractivity contribution in [3.05, 3.63) is 30.3 Å². The van der Waals surface area contributed by atoms with Crippen LogP contribution in [0.4, 0.5) is 15.3 Å². The van der Waals surface area contributed by atoms with Crippen molar-refractivity contribution in [1.29, 1.82) is 0 Å². The molecule has 1 saturated heterocycles. The third-order valence-electron chi connectivity index (χ3n) is 2.69. The van der Waals surface area contributed by atoms with Crippen molar-refractivity contribution in [2.24, 2.45) is 0 Å². The van der Waals surface area contributed by atoms with Crippen LogP contribution in [0.5, 0.6) is 0 Å². The summed E-state index contributed by atoms with van der Waals surface area (Å²) < 4.78 is 9.91. The first-order valence-corrected chi connectivity index (χ1v) is 6.14. The first-order valence-electron chi connectivity index (χ1n) is 6.14. The summed E-state index contributed by atoms with van der Waals surface area (Å²) in [6, 6.07) is 9.26. The molecule has 1 N–H and O–H groups in total. The summed E-state index contributed by atoms with van der Waals surface area (Å²) in [4.78, 5) is 24.4. The normalized spacial score (nSPS) is 18.1. The summed E-state index contributed by atoms with van der Waals surface area (Å²) in [6.07, 6.45) is -1.27. The monoisotopic (exact) mass is 264 g/mol. The van der Waals surface area contributed by atoms with Gasteiger partial charge in [-0.1, -0.05) is 18.2 Å². The molecule has 1 atom stereocenters. The van der Waals surface area contributed by atoms with Gasteiger partial charge < -0.3 is 14.8 Å². The molecule has 1 aliphatic rings. The van der Waals surface area contributed by atoms with Crippen LogP contribution in [-0.4, -0.2) is 38.0 Å². The van der Waals surface area contributed by atoms with E-state index in [9.17, 15) is 9.59 Å². The van der Waals surface area contributed by atoms with Gasteiger partial charge in [-0.3, -0.25) is 4.90 Å². The molecular formula is C13H16N2O4. The number of nitrogens with zero attached hydrogens (tertiary/aromatic N) is 1.